The van der Waals surface area contributed by atoms with Crippen LogP contribution in [0.15, 0.2) is 18.2 Å². The molecule has 1 aliphatic heterocycles. The third-order valence-electron chi connectivity index (χ3n) is 3.67. The number of ketones is 1. The maximum absolute atomic E-state index is 12.6. The summed E-state index contributed by atoms with van der Waals surface area (Å²) in [4.78, 5) is 12.4. The Morgan fingerprint density at radius 3 is 2.53 bits per heavy atom. The lowest BCUT2D eigenvalue weighted by molar-refractivity contribution is -0.137. The van der Waals surface area contributed by atoms with Crippen molar-refractivity contribution in [2.75, 3.05) is 6.54 Å². The SMILES string of the molecule is Cc1cc(C(F)(F)F)ccc1C(=O)C1(C)CCCN1. The van der Waals surface area contributed by atoms with Gasteiger partial charge in [0.25, 0.3) is 0 Å². The van der Waals surface area contributed by atoms with Gasteiger partial charge in [-0.2, -0.15) is 13.2 Å². The van der Waals surface area contributed by atoms with Gasteiger partial charge in [-0.1, -0.05) is 6.07 Å². The van der Waals surface area contributed by atoms with Crippen LogP contribution in [0.2, 0.25) is 0 Å². The van der Waals surface area contributed by atoms with Gasteiger partial charge in [0.1, 0.15) is 0 Å². The van der Waals surface area contributed by atoms with Crippen LogP contribution in [0, 0.1) is 6.92 Å². The normalized spacial score (nSPS) is 23.6. The van der Waals surface area contributed by atoms with E-state index in [0.29, 0.717) is 17.5 Å². The molecular formula is C14H16F3NO. The van der Waals surface area contributed by atoms with Crippen molar-refractivity contribution < 1.29 is 18.0 Å². The molecule has 0 bridgehead atoms. The fourth-order valence-corrected chi connectivity index (χ4v) is 2.48. The molecular weight excluding hydrogens is 255 g/mol. The van der Waals surface area contributed by atoms with Gasteiger partial charge in [0.15, 0.2) is 5.78 Å². The Morgan fingerprint density at radius 2 is 2.05 bits per heavy atom. The minimum Gasteiger partial charge on any atom is -0.305 e. The summed E-state index contributed by atoms with van der Waals surface area (Å²) in [6, 6.07) is 3.29. The molecule has 2 nitrogen and oxygen atoms in total. The van der Waals surface area contributed by atoms with E-state index < -0.39 is 17.3 Å². The number of alkyl halides is 3. The van der Waals surface area contributed by atoms with E-state index in [2.05, 4.69) is 5.32 Å². The number of benzene rings is 1. The third-order valence-corrected chi connectivity index (χ3v) is 3.67. The van der Waals surface area contributed by atoms with E-state index >= 15 is 0 Å². The fraction of sp³-hybridized carbons (Fsp3) is 0.500. The van der Waals surface area contributed by atoms with Crippen molar-refractivity contribution >= 4 is 5.78 Å². The number of Topliss-reactive ketones (excluding diaryl/α,β-unsaturated/α-hetero) is 1. The Balaban J connectivity index is 2.34. The van der Waals surface area contributed by atoms with Crippen LogP contribution in [-0.4, -0.2) is 17.9 Å². The van der Waals surface area contributed by atoms with Crippen LogP contribution in [-0.2, 0) is 6.18 Å². The Morgan fingerprint density at radius 1 is 1.37 bits per heavy atom. The average Bonchev–Trinajstić information content (AvgIpc) is 2.75. The largest absolute Gasteiger partial charge is 0.416 e. The van der Waals surface area contributed by atoms with Gasteiger partial charge in [-0.15, -0.1) is 0 Å². The number of aryl methyl sites for hydroxylation is 1. The van der Waals surface area contributed by atoms with Crippen molar-refractivity contribution in [3.8, 4) is 0 Å². The second kappa shape index (κ2) is 4.63. The van der Waals surface area contributed by atoms with Crippen LogP contribution in [0.5, 0.6) is 0 Å². The van der Waals surface area contributed by atoms with Crippen LogP contribution in [0.1, 0.15) is 41.3 Å². The molecule has 104 valence electrons. The van der Waals surface area contributed by atoms with Crippen molar-refractivity contribution in [1.29, 1.82) is 0 Å². The predicted molar refractivity (Wildman–Crippen MR) is 66.2 cm³/mol. The van der Waals surface area contributed by atoms with E-state index in [1.807, 2.05) is 0 Å². The van der Waals surface area contributed by atoms with Crippen LogP contribution in [0.3, 0.4) is 0 Å². The Hall–Kier alpha value is -1.36. The van der Waals surface area contributed by atoms with Gasteiger partial charge in [0.2, 0.25) is 0 Å². The van der Waals surface area contributed by atoms with Gasteiger partial charge in [0, 0.05) is 5.56 Å². The lowest BCUT2D eigenvalue weighted by Gasteiger charge is -2.23. The highest BCUT2D eigenvalue weighted by Gasteiger charge is 2.38. The Labute approximate surface area is 110 Å². The first-order chi connectivity index (χ1) is 8.74. The molecule has 19 heavy (non-hydrogen) atoms. The van der Waals surface area contributed by atoms with Crippen molar-refractivity contribution in [2.24, 2.45) is 0 Å². The van der Waals surface area contributed by atoms with Crippen molar-refractivity contribution in [3.63, 3.8) is 0 Å². The third kappa shape index (κ3) is 2.66. The Bertz CT molecular complexity index is 502. The molecule has 0 radical (unpaired) electrons. The molecule has 0 aromatic heterocycles. The summed E-state index contributed by atoms with van der Waals surface area (Å²) in [6.45, 7) is 4.11. The molecule has 1 unspecified atom stereocenters. The molecule has 1 saturated heterocycles. The monoisotopic (exact) mass is 271 g/mol. The van der Waals surface area contributed by atoms with E-state index in [0.717, 1.165) is 25.1 Å². The molecule has 1 N–H and O–H groups in total. The van der Waals surface area contributed by atoms with Crippen LogP contribution in [0.4, 0.5) is 13.2 Å². The second-order valence-electron chi connectivity index (χ2n) is 5.22. The second-order valence-corrected chi connectivity index (χ2v) is 5.22. The quantitative estimate of drug-likeness (QED) is 0.836. The molecule has 1 aromatic rings. The van der Waals surface area contributed by atoms with E-state index in [-0.39, 0.29) is 5.78 Å². The number of halogens is 3. The first-order valence-corrected chi connectivity index (χ1v) is 6.22. The smallest absolute Gasteiger partial charge is 0.305 e. The lowest BCUT2D eigenvalue weighted by atomic mass is 9.87. The maximum Gasteiger partial charge on any atom is 0.416 e. The maximum atomic E-state index is 12.6. The van der Waals surface area contributed by atoms with Crippen molar-refractivity contribution in [1.82, 2.24) is 5.32 Å². The highest BCUT2D eigenvalue weighted by atomic mass is 19.4. The van der Waals surface area contributed by atoms with Gasteiger partial charge < -0.3 is 5.32 Å². The minimum atomic E-state index is -4.37. The summed E-state index contributed by atoms with van der Waals surface area (Å²) in [6.07, 6.45) is -2.75. The number of carbonyl (C=O) groups is 1. The number of hydrogen-bond donors (Lipinski definition) is 1. The topological polar surface area (TPSA) is 29.1 Å². The zero-order valence-electron chi connectivity index (χ0n) is 10.9. The average molecular weight is 271 g/mol. The highest BCUT2D eigenvalue weighted by Crippen LogP contribution is 2.32. The van der Waals surface area contributed by atoms with Gasteiger partial charge in [-0.3, -0.25) is 4.79 Å². The van der Waals surface area contributed by atoms with Gasteiger partial charge in [0.05, 0.1) is 11.1 Å². The molecule has 0 spiro atoms. The molecule has 1 aliphatic rings. The summed E-state index contributed by atoms with van der Waals surface area (Å²) < 4.78 is 37.7. The molecule has 1 fully saturated rings. The summed E-state index contributed by atoms with van der Waals surface area (Å²) in [5.41, 5.74) is -0.629. The molecule has 5 heteroatoms. The number of hydrogen-bond acceptors (Lipinski definition) is 2. The first kappa shape index (κ1) is 14.1. The molecule has 1 atom stereocenters. The van der Waals surface area contributed by atoms with E-state index in [1.165, 1.54) is 6.07 Å². The predicted octanol–water partition coefficient (Wildman–Crippen LogP) is 3.34. The van der Waals surface area contributed by atoms with Crippen LogP contribution in [0.25, 0.3) is 0 Å². The van der Waals surface area contributed by atoms with Crippen LogP contribution < -0.4 is 5.32 Å². The van der Waals surface area contributed by atoms with Gasteiger partial charge in [-0.05, 0) is 50.9 Å². The number of carbonyl (C=O) groups excluding carboxylic acids is 1. The molecule has 0 aliphatic carbocycles. The summed E-state index contributed by atoms with van der Waals surface area (Å²) in [7, 11) is 0. The zero-order chi connectivity index (χ0) is 14.3. The van der Waals surface area contributed by atoms with E-state index in [1.54, 1.807) is 13.8 Å². The standard InChI is InChI=1S/C14H16F3NO/c1-9-8-10(14(15,16)17)4-5-11(9)12(19)13(2)6-3-7-18-13/h4-5,8,18H,3,6-7H2,1-2H3. The first-order valence-electron chi connectivity index (χ1n) is 6.22. The van der Waals surface area contributed by atoms with Crippen molar-refractivity contribution in [3.05, 3.63) is 34.9 Å². The minimum absolute atomic E-state index is 0.128. The molecule has 1 aromatic carbocycles. The molecule has 1 heterocycles. The number of nitrogens with one attached hydrogen (secondary N) is 1. The summed E-state index contributed by atoms with van der Waals surface area (Å²) >= 11 is 0. The Kier molecular flexibility index (Phi) is 3.43. The van der Waals surface area contributed by atoms with Crippen LogP contribution >= 0.6 is 0 Å². The summed E-state index contributed by atoms with van der Waals surface area (Å²) in [5, 5.41) is 3.13. The molecule has 2 rings (SSSR count). The highest BCUT2D eigenvalue weighted by molar-refractivity contribution is 6.04. The lowest BCUT2D eigenvalue weighted by Crippen LogP contribution is -2.44. The van der Waals surface area contributed by atoms with E-state index in [9.17, 15) is 18.0 Å². The zero-order valence-corrected chi connectivity index (χ0v) is 10.9. The fourth-order valence-electron chi connectivity index (χ4n) is 2.48. The van der Waals surface area contributed by atoms with Crippen molar-refractivity contribution in [2.45, 2.75) is 38.4 Å². The van der Waals surface area contributed by atoms with Gasteiger partial charge >= 0.3 is 6.18 Å². The number of rotatable bonds is 2. The molecule has 0 amide bonds. The summed E-state index contributed by atoms with van der Waals surface area (Å²) in [5.74, 6) is -0.128. The van der Waals surface area contributed by atoms with Gasteiger partial charge in [-0.25, -0.2) is 0 Å². The molecule has 0 saturated carbocycles. The van der Waals surface area contributed by atoms with E-state index in [4.69, 9.17) is 0 Å².